The Balaban J connectivity index is 1.73. The quantitative estimate of drug-likeness (QED) is 0.658. The summed E-state index contributed by atoms with van der Waals surface area (Å²) in [4.78, 5) is 17.0. The fourth-order valence-electron chi connectivity index (χ4n) is 3.90. The molecule has 2 aromatic rings. The first-order valence-electron chi connectivity index (χ1n) is 10.4. The predicted molar refractivity (Wildman–Crippen MR) is 129 cm³/mol. The van der Waals surface area contributed by atoms with Crippen LogP contribution in [0.3, 0.4) is 0 Å². The Hall–Kier alpha value is -2.93. The predicted octanol–water partition coefficient (Wildman–Crippen LogP) is 5.38. The van der Waals surface area contributed by atoms with E-state index in [2.05, 4.69) is 73.5 Å². The first kappa shape index (κ1) is 21.3. The van der Waals surface area contributed by atoms with Crippen LogP contribution < -0.4 is 0 Å². The lowest BCUT2D eigenvalue weighted by molar-refractivity contribution is -0.114. The molecule has 1 aromatic heterocycles. The lowest BCUT2D eigenvalue weighted by atomic mass is 10.1. The Bertz CT molecular complexity index is 1200. The van der Waals surface area contributed by atoms with E-state index in [1.165, 1.54) is 27.9 Å². The third-order valence-electron chi connectivity index (χ3n) is 5.67. The molecule has 3 heterocycles. The molecule has 0 saturated carbocycles. The normalized spacial score (nSPS) is 17.5. The van der Waals surface area contributed by atoms with Gasteiger partial charge < -0.3 is 4.57 Å². The van der Waals surface area contributed by atoms with Crippen LogP contribution in [0.25, 0.3) is 11.8 Å². The molecule has 160 valence electrons. The molecule has 7 heteroatoms. The number of carbonyl (C=O) groups excluding carboxylic acids is 1. The Morgan fingerprint density at radius 1 is 1.19 bits per heavy atom. The number of nitrogens with zero attached hydrogens (tertiary/aromatic N) is 4. The van der Waals surface area contributed by atoms with Crippen LogP contribution in [-0.2, 0) is 4.79 Å². The number of amidine groups is 2. The van der Waals surface area contributed by atoms with Gasteiger partial charge in [-0.05, 0) is 80.3 Å². The van der Waals surface area contributed by atoms with E-state index < -0.39 is 0 Å². The number of rotatable bonds is 4. The van der Waals surface area contributed by atoms with E-state index in [1.54, 1.807) is 6.08 Å². The van der Waals surface area contributed by atoms with Gasteiger partial charge >= 0.3 is 0 Å². The molecule has 2 aliphatic rings. The fourth-order valence-corrected chi connectivity index (χ4v) is 5.00. The zero-order valence-corrected chi connectivity index (χ0v) is 19.6. The minimum absolute atomic E-state index is 0.0813. The van der Waals surface area contributed by atoms with Crippen LogP contribution in [-0.4, -0.2) is 31.5 Å². The molecule has 0 atom stereocenters. The molecule has 0 saturated heterocycles. The Kier molecular flexibility index (Phi) is 5.47. The highest BCUT2D eigenvalue weighted by Crippen LogP contribution is 2.32. The molecule has 0 aliphatic carbocycles. The number of aryl methyl sites for hydroxylation is 2. The van der Waals surface area contributed by atoms with Gasteiger partial charge in [-0.3, -0.25) is 10.2 Å². The monoisotopic (exact) mass is 433 g/mol. The van der Waals surface area contributed by atoms with Crippen molar-refractivity contribution in [1.82, 2.24) is 9.58 Å². The molecule has 0 radical (unpaired) electrons. The summed E-state index contributed by atoms with van der Waals surface area (Å²) >= 11 is 1.38. The average molecular weight is 434 g/mol. The fraction of sp³-hybridized carbons (Fsp3) is 0.333. The molecule has 2 aliphatic heterocycles. The van der Waals surface area contributed by atoms with Gasteiger partial charge in [-0.15, -0.1) is 0 Å². The molecule has 0 spiro atoms. The van der Waals surface area contributed by atoms with Crippen LogP contribution >= 0.6 is 11.8 Å². The van der Waals surface area contributed by atoms with Crippen LogP contribution in [0, 0.1) is 39.0 Å². The van der Waals surface area contributed by atoms with E-state index in [0.717, 1.165) is 34.1 Å². The molecule has 0 bridgehead atoms. The summed E-state index contributed by atoms with van der Waals surface area (Å²) in [6.45, 7) is 12.6. The molecule has 1 N–H and O–H groups in total. The van der Waals surface area contributed by atoms with Crippen molar-refractivity contribution < 1.29 is 4.79 Å². The molecule has 6 nitrogen and oxygen atoms in total. The van der Waals surface area contributed by atoms with Crippen molar-refractivity contribution in [3.63, 3.8) is 0 Å². The zero-order valence-electron chi connectivity index (χ0n) is 18.8. The second-order valence-corrected chi connectivity index (χ2v) is 9.53. The van der Waals surface area contributed by atoms with Crippen molar-refractivity contribution in [2.24, 2.45) is 16.0 Å². The second-order valence-electron chi connectivity index (χ2n) is 8.49. The Labute approximate surface area is 187 Å². The maximum Gasteiger partial charge on any atom is 0.283 e. The average Bonchev–Trinajstić information content (AvgIpc) is 3.21. The van der Waals surface area contributed by atoms with E-state index in [4.69, 9.17) is 5.41 Å². The highest BCUT2D eigenvalue weighted by atomic mass is 32.2. The summed E-state index contributed by atoms with van der Waals surface area (Å²) < 4.78 is 2.20. The van der Waals surface area contributed by atoms with Crippen molar-refractivity contribution in [3.8, 4) is 5.69 Å². The smallest absolute Gasteiger partial charge is 0.283 e. The number of hydrazone groups is 1. The zero-order chi connectivity index (χ0) is 22.4. The topological polar surface area (TPSA) is 73.8 Å². The van der Waals surface area contributed by atoms with Crippen LogP contribution in [0.2, 0.25) is 0 Å². The minimum atomic E-state index is -0.388. The minimum Gasteiger partial charge on any atom is -0.318 e. The van der Waals surface area contributed by atoms with Crippen molar-refractivity contribution in [1.29, 1.82) is 5.41 Å². The maximum absolute atomic E-state index is 12.8. The summed E-state index contributed by atoms with van der Waals surface area (Å²) in [5, 5.41) is 16.0. The maximum atomic E-state index is 12.8. The van der Waals surface area contributed by atoms with Gasteiger partial charge in [0, 0.05) is 23.5 Å². The van der Waals surface area contributed by atoms with Gasteiger partial charge in [0.05, 0.1) is 5.57 Å². The van der Waals surface area contributed by atoms with Gasteiger partial charge in [-0.25, -0.2) is 0 Å². The highest BCUT2D eigenvalue weighted by molar-refractivity contribution is 8.26. The Morgan fingerprint density at radius 3 is 2.65 bits per heavy atom. The first-order valence-corrected chi connectivity index (χ1v) is 11.2. The number of hydrogen-bond acceptors (Lipinski definition) is 4. The number of nitrogens with one attached hydrogen (secondary N) is 1. The Morgan fingerprint density at radius 2 is 1.94 bits per heavy atom. The van der Waals surface area contributed by atoms with E-state index in [0.29, 0.717) is 11.1 Å². The molecular weight excluding hydrogens is 406 g/mol. The number of carbonyl (C=O) groups is 1. The van der Waals surface area contributed by atoms with Gasteiger partial charge in [-0.1, -0.05) is 26.0 Å². The number of thioether (sulfide) groups is 1. The molecule has 4 rings (SSSR count). The van der Waals surface area contributed by atoms with Gasteiger partial charge in [-0.2, -0.15) is 15.1 Å². The number of aliphatic imine (C=N–C) groups is 1. The number of aromatic nitrogens is 1. The summed E-state index contributed by atoms with van der Waals surface area (Å²) in [5.74, 6) is 0.141. The third-order valence-corrected chi connectivity index (χ3v) is 6.60. The number of benzene rings is 1. The van der Waals surface area contributed by atoms with Gasteiger partial charge in [0.15, 0.2) is 5.84 Å². The summed E-state index contributed by atoms with van der Waals surface area (Å²) in [7, 11) is 0. The van der Waals surface area contributed by atoms with Crippen LogP contribution in [0.4, 0.5) is 0 Å². The summed E-state index contributed by atoms with van der Waals surface area (Å²) in [5.41, 5.74) is 6.85. The number of fused-ring (bicyclic) bond motifs is 1. The van der Waals surface area contributed by atoms with Gasteiger partial charge in [0.1, 0.15) is 5.04 Å². The molecule has 0 fully saturated rings. The molecular formula is C24H27N5OS. The standard InChI is InChI=1S/C24H27N5OS/c1-13(2)10-21-27-29-22(25)19(23(30)26-24(29)31-21)12-18-11-15(4)28(17(18)6)20-9-7-8-14(3)16(20)5/h7-9,11-13,25H,10H2,1-6H3/b19-12+,25-22?. The van der Waals surface area contributed by atoms with Crippen LogP contribution in [0.15, 0.2) is 39.9 Å². The first-order chi connectivity index (χ1) is 14.7. The van der Waals surface area contributed by atoms with E-state index in [9.17, 15) is 4.79 Å². The lowest BCUT2D eigenvalue weighted by Crippen LogP contribution is -2.35. The SMILES string of the molecule is Cc1cccc(-n2c(C)cc(/C=C3\C(=N)N4N=C(CC(C)C)SC4=NC3=O)c2C)c1C. The van der Waals surface area contributed by atoms with Crippen molar-refractivity contribution >= 4 is 39.8 Å². The third kappa shape index (κ3) is 3.78. The van der Waals surface area contributed by atoms with Crippen molar-refractivity contribution in [2.75, 3.05) is 0 Å². The van der Waals surface area contributed by atoms with Crippen molar-refractivity contribution in [3.05, 3.63) is 57.9 Å². The summed E-state index contributed by atoms with van der Waals surface area (Å²) in [6, 6.07) is 8.32. The largest absolute Gasteiger partial charge is 0.318 e. The van der Waals surface area contributed by atoms with Gasteiger partial charge in [0.25, 0.3) is 5.91 Å². The van der Waals surface area contributed by atoms with Gasteiger partial charge in [0.2, 0.25) is 5.17 Å². The van der Waals surface area contributed by atoms with Crippen LogP contribution in [0.5, 0.6) is 0 Å². The highest BCUT2D eigenvalue weighted by Gasteiger charge is 2.35. The van der Waals surface area contributed by atoms with E-state index in [1.807, 2.05) is 6.92 Å². The second kappa shape index (κ2) is 7.96. The number of amides is 1. The van der Waals surface area contributed by atoms with E-state index >= 15 is 0 Å². The van der Waals surface area contributed by atoms with Crippen molar-refractivity contribution in [2.45, 2.75) is 48.0 Å². The molecule has 31 heavy (non-hydrogen) atoms. The molecule has 0 unspecified atom stereocenters. The molecule has 1 aromatic carbocycles. The lowest BCUT2D eigenvalue weighted by Gasteiger charge is -2.20. The summed E-state index contributed by atoms with van der Waals surface area (Å²) in [6.07, 6.45) is 2.58. The molecule has 1 amide bonds. The van der Waals surface area contributed by atoms with Crippen LogP contribution in [0.1, 0.15) is 48.3 Å². The number of hydrogen-bond donors (Lipinski definition) is 1. The van der Waals surface area contributed by atoms with E-state index in [-0.39, 0.29) is 17.3 Å².